The summed E-state index contributed by atoms with van der Waals surface area (Å²) in [7, 11) is 0. The van der Waals surface area contributed by atoms with Crippen LogP contribution in [-0.2, 0) is 0 Å². The number of hydrogen-bond acceptors (Lipinski definition) is 3. The van der Waals surface area contributed by atoms with Gasteiger partial charge in [-0.05, 0) is 43.5 Å². The van der Waals surface area contributed by atoms with E-state index in [2.05, 4.69) is 10.3 Å². The van der Waals surface area contributed by atoms with Crippen molar-refractivity contribution >= 4 is 18.4 Å². The molecule has 1 aromatic rings. The lowest BCUT2D eigenvalue weighted by Crippen LogP contribution is -2.27. The number of piperidine rings is 1. The first-order chi connectivity index (χ1) is 7.68. The average molecular weight is 259 g/mol. The summed E-state index contributed by atoms with van der Waals surface area (Å²) in [5, 5.41) is 12.1. The zero-order valence-corrected chi connectivity index (χ0v) is 10.0. The average Bonchev–Trinajstić information content (AvgIpc) is 2.30. The van der Waals surface area contributed by atoms with E-state index >= 15 is 0 Å². The minimum absolute atomic E-state index is 0. The molecule has 1 saturated heterocycles. The lowest BCUT2D eigenvalue weighted by molar-refractivity contribution is 0.0694. The van der Waals surface area contributed by atoms with E-state index in [9.17, 15) is 9.59 Å². The summed E-state index contributed by atoms with van der Waals surface area (Å²) in [6.45, 7) is 1.87. The van der Waals surface area contributed by atoms with E-state index in [1.807, 2.05) is 0 Å². The minimum Gasteiger partial charge on any atom is -0.477 e. The molecule has 2 rings (SSSR count). The van der Waals surface area contributed by atoms with Crippen LogP contribution in [-0.4, -0.2) is 29.1 Å². The van der Waals surface area contributed by atoms with Gasteiger partial charge in [-0.25, -0.2) is 4.79 Å². The van der Waals surface area contributed by atoms with Crippen molar-refractivity contribution in [3.63, 3.8) is 0 Å². The summed E-state index contributed by atoms with van der Waals surface area (Å²) in [5.74, 6) is -0.826. The van der Waals surface area contributed by atoms with E-state index in [1.54, 1.807) is 6.20 Å². The van der Waals surface area contributed by atoms with Crippen LogP contribution in [0.5, 0.6) is 0 Å². The van der Waals surface area contributed by atoms with Crippen molar-refractivity contribution < 1.29 is 9.90 Å². The molecule has 2 heterocycles. The van der Waals surface area contributed by atoms with Gasteiger partial charge < -0.3 is 15.4 Å². The number of aromatic amines is 1. The highest BCUT2D eigenvalue weighted by atomic mass is 35.5. The second kappa shape index (κ2) is 5.84. The molecular formula is C11H15ClN2O3. The van der Waals surface area contributed by atoms with Crippen molar-refractivity contribution in [3.8, 4) is 0 Å². The summed E-state index contributed by atoms with van der Waals surface area (Å²) in [6.07, 6.45) is 3.58. The Morgan fingerprint density at radius 3 is 2.59 bits per heavy atom. The zero-order valence-electron chi connectivity index (χ0n) is 9.23. The smallest absolute Gasteiger partial charge is 0.341 e. The van der Waals surface area contributed by atoms with Gasteiger partial charge in [0.1, 0.15) is 5.56 Å². The predicted octanol–water partition coefficient (Wildman–Crippen LogP) is 0.962. The zero-order chi connectivity index (χ0) is 11.5. The number of hydrogen-bond donors (Lipinski definition) is 3. The van der Waals surface area contributed by atoms with Crippen molar-refractivity contribution in [1.29, 1.82) is 0 Å². The molecule has 1 fully saturated rings. The second-order valence-electron chi connectivity index (χ2n) is 4.01. The van der Waals surface area contributed by atoms with Crippen molar-refractivity contribution in [2.75, 3.05) is 13.1 Å². The summed E-state index contributed by atoms with van der Waals surface area (Å²) in [4.78, 5) is 24.6. The van der Waals surface area contributed by atoms with Gasteiger partial charge in [-0.15, -0.1) is 12.4 Å². The maximum absolute atomic E-state index is 11.2. The molecule has 5 nitrogen and oxygen atoms in total. The van der Waals surface area contributed by atoms with Gasteiger partial charge in [-0.3, -0.25) is 4.79 Å². The maximum Gasteiger partial charge on any atom is 0.341 e. The molecule has 3 N–H and O–H groups in total. The molecule has 1 aromatic heterocycles. The lowest BCUT2D eigenvalue weighted by atomic mass is 9.91. The van der Waals surface area contributed by atoms with E-state index in [1.165, 1.54) is 6.07 Å². The van der Waals surface area contributed by atoms with E-state index in [-0.39, 0.29) is 18.0 Å². The first-order valence-electron chi connectivity index (χ1n) is 5.35. The third-order valence-corrected chi connectivity index (χ3v) is 2.97. The number of carbonyl (C=O) groups is 1. The third kappa shape index (κ3) is 3.08. The van der Waals surface area contributed by atoms with Gasteiger partial charge in [-0.2, -0.15) is 0 Å². The molecule has 0 atom stereocenters. The van der Waals surface area contributed by atoms with Crippen molar-refractivity contribution in [2.24, 2.45) is 0 Å². The van der Waals surface area contributed by atoms with Crippen LogP contribution in [0, 0.1) is 0 Å². The molecule has 0 bridgehead atoms. The molecule has 1 aliphatic rings. The Hall–Kier alpha value is -1.33. The molecular weight excluding hydrogens is 244 g/mol. The molecule has 0 aromatic carbocycles. The van der Waals surface area contributed by atoms with Crippen LogP contribution >= 0.6 is 12.4 Å². The number of nitrogens with one attached hydrogen (secondary N) is 2. The van der Waals surface area contributed by atoms with E-state index in [4.69, 9.17) is 5.11 Å². The molecule has 17 heavy (non-hydrogen) atoms. The van der Waals surface area contributed by atoms with Gasteiger partial charge in [0.05, 0.1) is 0 Å². The number of rotatable bonds is 2. The number of carboxylic acids is 1. The fourth-order valence-electron chi connectivity index (χ4n) is 2.05. The van der Waals surface area contributed by atoms with Gasteiger partial charge in [0.25, 0.3) is 5.56 Å². The van der Waals surface area contributed by atoms with E-state index in [0.717, 1.165) is 31.5 Å². The lowest BCUT2D eigenvalue weighted by Gasteiger charge is -2.22. The Balaban J connectivity index is 0.00000144. The van der Waals surface area contributed by atoms with Crippen LogP contribution in [0.4, 0.5) is 0 Å². The first-order valence-corrected chi connectivity index (χ1v) is 5.35. The van der Waals surface area contributed by atoms with Gasteiger partial charge in [0.2, 0.25) is 0 Å². The second-order valence-corrected chi connectivity index (χ2v) is 4.01. The van der Waals surface area contributed by atoms with Crippen LogP contribution in [0.2, 0.25) is 0 Å². The number of halogens is 1. The molecule has 0 spiro atoms. The van der Waals surface area contributed by atoms with Crippen molar-refractivity contribution in [1.82, 2.24) is 10.3 Å². The van der Waals surface area contributed by atoms with Gasteiger partial charge in [0.15, 0.2) is 0 Å². The quantitative estimate of drug-likeness (QED) is 0.738. The standard InChI is InChI=1S/C11H14N2O3.ClH/c14-10-9(11(15)16)5-8(6-13-10)7-1-3-12-4-2-7;/h5-7,12H,1-4H2,(H,13,14)(H,15,16);1H. The highest BCUT2D eigenvalue weighted by Crippen LogP contribution is 2.24. The summed E-state index contributed by atoms with van der Waals surface area (Å²) < 4.78 is 0. The molecule has 0 saturated carbocycles. The van der Waals surface area contributed by atoms with Crippen LogP contribution in [0.1, 0.15) is 34.7 Å². The molecule has 0 amide bonds. The van der Waals surface area contributed by atoms with Crippen LogP contribution in [0.25, 0.3) is 0 Å². The van der Waals surface area contributed by atoms with Crippen LogP contribution in [0.15, 0.2) is 17.1 Å². The summed E-state index contributed by atoms with van der Waals surface area (Å²) >= 11 is 0. The Morgan fingerprint density at radius 1 is 1.35 bits per heavy atom. The first kappa shape index (κ1) is 13.7. The van der Waals surface area contributed by atoms with E-state index in [0.29, 0.717) is 5.92 Å². The summed E-state index contributed by atoms with van der Waals surface area (Å²) in [5.41, 5.74) is 0.208. The number of carboxylic acid groups (broad SMARTS) is 1. The maximum atomic E-state index is 11.2. The number of pyridine rings is 1. The van der Waals surface area contributed by atoms with E-state index < -0.39 is 11.5 Å². The van der Waals surface area contributed by atoms with Gasteiger partial charge in [0, 0.05) is 6.20 Å². The normalized spacial score (nSPS) is 16.2. The highest BCUT2D eigenvalue weighted by Gasteiger charge is 2.18. The molecule has 0 aliphatic carbocycles. The minimum atomic E-state index is -1.17. The fraction of sp³-hybridized carbons (Fsp3) is 0.455. The topological polar surface area (TPSA) is 82.2 Å². The highest BCUT2D eigenvalue weighted by molar-refractivity contribution is 5.87. The molecule has 6 heteroatoms. The Kier molecular flexibility index (Phi) is 4.72. The molecule has 0 unspecified atom stereocenters. The van der Waals surface area contributed by atoms with Crippen molar-refractivity contribution in [3.05, 3.63) is 33.7 Å². The Labute approximate surface area is 105 Å². The predicted molar refractivity (Wildman–Crippen MR) is 66.1 cm³/mol. The number of aromatic nitrogens is 1. The SMILES string of the molecule is Cl.O=C(O)c1cc(C2CCNCC2)c[nH]c1=O. The molecule has 94 valence electrons. The third-order valence-electron chi connectivity index (χ3n) is 2.97. The van der Waals surface area contributed by atoms with Crippen molar-refractivity contribution in [2.45, 2.75) is 18.8 Å². The van der Waals surface area contributed by atoms with Gasteiger partial charge >= 0.3 is 5.97 Å². The summed E-state index contributed by atoms with van der Waals surface area (Å²) in [6, 6.07) is 1.50. The molecule has 0 radical (unpaired) electrons. The number of H-pyrrole nitrogens is 1. The fourth-order valence-corrected chi connectivity index (χ4v) is 2.05. The number of aromatic carboxylic acids is 1. The Morgan fingerprint density at radius 2 is 2.00 bits per heavy atom. The molecule has 1 aliphatic heterocycles. The van der Waals surface area contributed by atoms with Crippen LogP contribution in [0.3, 0.4) is 0 Å². The van der Waals surface area contributed by atoms with Gasteiger partial charge in [-0.1, -0.05) is 0 Å². The van der Waals surface area contributed by atoms with Crippen LogP contribution < -0.4 is 10.9 Å². The largest absolute Gasteiger partial charge is 0.477 e. The Bertz CT molecular complexity index is 452. The monoisotopic (exact) mass is 258 g/mol.